The van der Waals surface area contributed by atoms with Crippen LogP contribution in [0.3, 0.4) is 0 Å². The molecule has 0 saturated carbocycles. The van der Waals surface area contributed by atoms with Crippen molar-refractivity contribution in [3.8, 4) is 39.5 Å². The Kier molecular flexibility index (Phi) is 16.5. The van der Waals surface area contributed by atoms with Crippen LogP contribution in [0.25, 0.3) is 50.5 Å². The van der Waals surface area contributed by atoms with Crippen LogP contribution in [-0.4, -0.2) is 21.2 Å². The molecule has 0 aliphatic carbocycles. The van der Waals surface area contributed by atoms with Crippen molar-refractivity contribution in [1.82, 2.24) is 14.5 Å². The van der Waals surface area contributed by atoms with Crippen molar-refractivity contribution in [2.24, 2.45) is 0 Å². The van der Waals surface area contributed by atoms with E-state index in [0.29, 0.717) is 0 Å². The first-order valence-electron chi connectivity index (χ1n) is 33.1. The molecule has 0 saturated heterocycles. The summed E-state index contributed by atoms with van der Waals surface area (Å²) in [4.78, 5) is 20.5. The van der Waals surface area contributed by atoms with Gasteiger partial charge in [0, 0.05) is 74.3 Å². The number of anilines is 6. The third kappa shape index (κ3) is 11.2. The van der Waals surface area contributed by atoms with Crippen LogP contribution in [0.1, 0.15) is 167 Å². The fraction of sp³-hybridized carbons (Fsp3) is 0.286. The van der Waals surface area contributed by atoms with Crippen molar-refractivity contribution in [3.63, 3.8) is 0 Å². The monoisotopic (exact) mass is 1450 g/mol. The fourth-order valence-corrected chi connectivity index (χ4v) is 16.3. The number of pyridine rings is 1. The van der Waals surface area contributed by atoms with Crippen LogP contribution in [0, 0.1) is 31.8 Å². The number of aryl methyl sites for hydroxylation is 2. The van der Waals surface area contributed by atoms with Crippen molar-refractivity contribution in [2.45, 2.75) is 178 Å². The molecule has 6 heterocycles. The number of rotatable bonds is 6. The molecule has 477 valence electrons. The average Bonchev–Trinajstić information content (AvgIpc) is 0.731. The van der Waals surface area contributed by atoms with Crippen LogP contribution in [0.2, 0.25) is 0 Å². The van der Waals surface area contributed by atoms with Crippen molar-refractivity contribution < 1.29 is 24.5 Å². The summed E-state index contributed by atoms with van der Waals surface area (Å²) in [6.45, 7) is 41.6. The van der Waals surface area contributed by atoms with Gasteiger partial charge in [-0.3, -0.25) is 9.37 Å². The van der Waals surface area contributed by atoms with Crippen molar-refractivity contribution >= 4 is 91.8 Å². The van der Waals surface area contributed by atoms with Crippen LogP contribution < -0.4 is 26.2 Å². The molecule has 2 aromatic heterocycles. The maximum atomic E-state index is 12.7. The molecule has 4 aliphatic heterocycles. The molecular weight excluding hydrogens is 1370 g/mol. The van der Waals surface area contributed by atoms with Crippen LogP contribution in [0.15, 0.2) is 184 Å². The first kappa shape index (κ1) is 65.2. The average molecular weight is 1450 g/mol. The molecule has 0 amide bonds. The van der Waals surface area contributed by atoms with Gasteiger partial charge >= 0.3 is 0 Å². The van der Waals surface area contributed by atoms with E-state index in [0.717, 1.165) is 50.4 Å². The molecule has 1 radical (unpaired) electrons. The quantitative estimate of drug-likeness (QED) is 0.122. The van der Waals surface area contributed by atoms with Gasteiger partial charge in [0.1, 0.15) is 0 Å². The maximum Gasteiger partial charge on any atom is 0.252 e. The van der Waals surface area contributed by atoms with Gasteiger partial charge in [-0.2, -0.15) is 0 Å². The molecule has 10 heteroatoms. The number of para-hydroxylation sites is 2. The van der Waals surface area contributed by atoms with Gasteiger partial charge in [0.2, 0.25) is 0 Å². The normalized spacial score (nSPS) is 13.6. The SMILES string of the molecule is CC(C)c1cccc(C(C)C)c1-n1c(-c2[c-]cccc2)nc2cccc(-c3cc4c5c(c3)N3c6ccc(C(C)(C)C)cc6Sc6cc(C(C)(C)C)cc(c63)B5c3cc(C(C)(C)C)cc5c3N4c3ccc(C(C)(C)C)cc3S5)c21.Cc1cnc(-c2[c-]cc(F)cc2)cc1C.[Ir]. The van der Waals surface area contributed by atoms with Gasteiger partial charge in [0.15, 0.2) is 0 Å². The summed E-state index contributed by atoms with van der Waals surface area (Å²) in [5.41, 5.74) is 30.1. The number of halogens is 1. The van der Waals surface area contributed by atoms with Crippen molar-refractivity contribution in [1.29, 1.82) is 0 Å². The third-order valence-corrected chi connectivity index (χ3v) is 21.6. The van der Waals surface area contributed by atoms with E-state index >= 15 is 0 Å². The minimum atomic E-state index is -0.275. The van der Waals surface area contributed by atoms with Gasteiger partial charge in [-0.15, -0.1) is 65.7 Å². The van der Waals surface area contributed by atoms with Crippen LogP contribution >= 0.6 is 23.5 Å². The van der Waals surface area contributed by atoms with Crippen LogP contribution in [0.5, 0.6) is 0 Å². The summed E-state index contributed by atoms with van der Waals surface area (Å²) >= 11 is 3.92. The van der Waals surface area contributed by atoms with E-state index in [-0.39, 0.29) is 66.1 Å². The van der Waals surface area contributed by atoms with Crippen LogP contribution in [0.4, 0.5) is 38.5 Å². The molecule has 0 spiro atoms. The number of aromatic nitrogens is 3. The number of hydrogen-bond donors (Lipinski definition) is 0. The summed E-state index contributed by atoms with van der Waals surface area (Å²) in [5, 5.41) is 0. The molecule has 0 N–H and O–H groups in total. The Morgan fingerprint density at radius 3 is 1.51 bits per heavy atom. The molecule has 4 aliphatic rings. The second kappa shape index (κ2) is 23.7. The number of fused-ring (bicyclic) bond motifs is 9. The molecule has 15 rings (SSSR count). The Hall–Kier alpha value is -7.46. The van der Waals surface area contributed by atoms with Crippen molar-refractivity contribution in [3.05, 3.63) is 226 Å². The van der Waals surface area contributed by atoms with Gasteiger partial charge in [-0.05, 0) is 169 Å². The topological polar surface area (TPSA) is 37.2 Å². The molecular formula is C84H83BFIrN5S2-2. The van der Waals surface area contributed by atoms with E-state index in [9.17, 15) is 4.39 Å². The zero-order valence-electron chi connectivity index (χ0n) is 57.6. The number of hydrogen-bond acceptors (Lipinski definition) is 6. The van der Waals surface area contributed by atoms with Gasteiger partial charge in [0.05, 0.1) is 39.6 Å². The van der Waals surface area contributed by atoms with Gasteiger partial charge < -0.3 is 19.4 Å². The van der Waals surface area contributed by atoms with E-state index in [4.69, 9.17) is 4.98 Å². The van der Waals surface area contributed by atoms with Gasteiger partial charge in [-0.1, -0.05) is 201 Å². The van der Waals surface area contributed by atoms with Gasteiger partial charge in [0.25, 0.3) is 6.71 Å². The molecule has 11 aromatic rings. The fourth-order valence-electron chi connectivity index (χ4n) is 14.0. The van der Waals surface area contributed by atoms with Crippen molar-refractivity contribution in [2.75, 3.05) is 9.80 Å². The molecule has 5 nitrogen and oxygen atoms in total. The minimum Gasteiger partial charge on any atom is -0.332 e. The smallest absolute Gasteiger partial charge is 0.252 e. The zero-order chi connectivity index (χ0) is 65.7. The first-order valence-corrected chi connectivity index (χ1v) is 34.7. The molecule has 0 unspecified atom stereocenters. The minimum absolute atomic E-state index is 0. The second-order valence-corrected chi connectivity index (χ2v) is 33.0. The number of nitrogens with zero attached hydrogens (tertiary/aromatic N) is 5. The van der Waals surface area contributed by atoms with Gasteiger partial charge in [-0.25, -0.2) is 0 Å². The predicted molar refractivity (Wildman–Crippen MR) is 394 cm³/mol. The second-order valence-electron chi connectivity index (χ2n) is 30.8. The van der Waals surface area contributed by atoms with E-state index < -0.39 is 0 Å². The molecule has 94 heavy (non-hydrogen) atoms. The standard InChI is InChI=1S/C71H72BN4S2.C13H11FN.Ir/c1-40(2)48-24-20-25-49(41(3)4)63(48)76-64-50(26-21-27-53(64)73-67(76)42-22-18-17-19-23-42)43-32-56-62-57(33-43)75-55-31-29-45(69(8,9)10)37-59(55)78-61-39-47(71(14,15)16)35-52(66(61)75)72(62)51-34-46(70(11,12)13)38-60-65(51)74(56)54-30-28-44(68(5,6)7)36-58(54)77-60;1-9-7-13(15-8-10(9)2)11-3-5-12(14)6-4-11;/h17-22,24-41H,1-16H3;3,5-8H,1-2H3;/q2*-1;. The Labute approximate surface area is 579 Å². The predicted octanol–water partition coefficient (Wildman–Crippen LogP) is 21.9. The van der Waals surface area contributed by atoms with E-state index in [1.807, 2.05) is 55.7 Å². The molecule has 9 aromatic carbocycles. The number of benzene rings is 9. The molecule has 0 atom stereocenters. The zero-order valence-corrected chi connectivity index (χ0v) is 61.6. The Morgan fingerprint density at radius 2 is 1.03 bits per heavy atom. The Balaban J connectivity index is 0.000000441. The Morgan fingerprint density at radius 1 is 0.500 bits per heavy atom. The van der Waals surface area contributed by atoms with E-state index in [1.165, 1.54) is 127 Å². The van der Waals surface area contributed by atoms with E-state index in [2.05, 4.69) is 270 Å². The first-order chi connectivity index (χ1) is 44.0. The summed E-state index contributed by atoms with van der Waals surface area (Å²) in [5.74, 6) is 1.17. The largest absolute Gasteiger partial charge is 0.332 e. The summed E-state index contributed by atoms with van der Waals surface area (Å²) in [7, 11) is 0. The summed E-state index contributed by atoms with van der Waals surface area (Å²) in [6, 6.07) is 64.9. The summed E-state index contributed by atoms with van der Waals surface area (Å²) < 4.78 is 15.2. The molecule has 0 fully saturated rings. The van der Waals surface area contributed by atoms with Crippen LogP contribution in [-0.2, 0) is 41.8 Å². The van der Waals surface area contributed by atoms with E-state index in [1.54, 1.807) is 6.07 Å². The Bertz CT molecular complexity index is 4660. The number of imidazole rings is 1. The maximum absolute atomic E-state index is 12.7. The third-order valence-electron chi connectivity index (χ3n) is 19.4. The summed E-state index contributed by atoms with van der Waals surface area (Å²) in [6.07, 6.45) is 1.82. The molecule has 0 bridgehead atoms.